The summed E-state index contributed by atoms with van der Waals surface area (Å²) in [6.07, 6.45) is 4.38. The van der Waals surface area contributed by atoms with Crippen LogP contribution in [-0.2, 0) is 6.42 Å². The average Bonchev–Trinajstić information content (AvgIpc) is 2.42. The average molecular weight is 259 g/mol. The van der Waals surface area contributed by atoms with Crippen LogP contribution in [-0.4, -0.2) is 16.5 Å². The van der Waals surface area contributed by atoms with Crippen LogP contribution in [0.15, 0.2) is 36.7 Å². The standard InChI is InChI=1S/C15H18FN3/c1-3-17-14(15-18-9-11(2)10-19-15)8-12-4-6-13(16)7-5-12/h4-7,9-10,14,17H,3,8H2,1-2H3. The minimum Gasteiger partial charge on any atom is -0.307 e. The molecular formula is C15H18FN3. The molecule has 0 bridgehead atoms. The van der Waals surface area contributed by atoms with E-state index in [9.17, 15) is 4.39 Å². The molecule has 4 heteroatoms. The molecule has 0 amide bonds. The van der Waals surface area contributed by atoms with Gasteiger partial charge in [-0.3, -0.25) is 0 Å². The molecule has 1 aromatic carbocycles. The van der Waals surface area contributed by atoms with E-state index in [4.69, 9.17) is 0 Å². The SMILES string of the molecule is CCNC(Cc1ccc(F)cc1)c1ncc(C)cn1. The second-order valence-electron chi connectivity index (χ2n) is 4.56. The van der Waals surface area contributed by atoms with E-state index in [1.165, 1.54) is 12.1 Å². The van der Waals surface area contributed by atoms with Gasteiger partial charge in [0.25, 0.3) is 0 Å². The number of nitrogens with zero attached hydrogens (tertiary/aromatic N) is 2. The fraction of sp³-hybridized carbons (Fsp3) is 0.333. The molecule has 1 aromatic heterocycles. The second kappa shape index (κ2) is 6.38. The van der Waals surface area contributed by atoms with Gasteiger partial charge >= 0.3 is 0 Å². The summed E-state index contributed by atoms with van der Waals surface area (Å²) in [4.78, 5) is 8.73. The third kappa shape index (κ3) is 3.83. The highest BCUT2D eigenvalue weighted by Crippen LogP contribution is 2.15. The topological polar surface area (TPSA) is 37.8 Å². The van der Waals surface area contributed by atoms with Gasteiger partial charge in [0.2, 0.25) is 0 Å². The molecule has 1 unspecified atom stereocenters. The van der Waals surface area contributed by atoms with E-state index in [0.29, 0.717) is 0 Å². The third-order valence-corrected chi connectivity index (χ3v) is 2.92. The Bertz CT molecular complexity index is 508. The van der Waals surface area contributed by atoms with E-state index >= 15 is 0 Å². The number of nitrogens with one attached hydrogen (secondary N) is 1. The monoisotopic (exact) mass is 259 g/mol. The van der Waals surface area contributed by atoms with Gasteiger partial charge in [0.1, 0.15) is 11.6 Å². The molecular weight excluding hydrogens is 241 g/mol. The van der Waals surface area contributed by atoms with Crippen molar-refractivity contribution in [2.75, 3.05) is 6.54 Å². The van der Waals surface area contributed by atoms with Crippen LogP contribution in [0.4, 0.5) is 4.39 Å². The zero-order valence-corrected chi connectivity index (χ0v) is 11.2. The Labute approximate surface area is 112 Å². The molecule has 1 N–H and O–H groups in total. The Morgan fingerprint density at radius 1 is 1.16 bits per heavy atom. The first-order valence-corrected chi connectivity index (χ1v) is 6.45. The lowest BCUT2D eigenvalue weighted by Gasteiger charge is -2.16. The van der Waals surface area contributed by atoms with Crippen LogP contribution in [0, 0.1) is 12.7 Å². The highest BCUT2D eigenvalue weighted by atomic mass is 19.1. The van der Waals surface area contributed by atoms with Crippen molar-refractivity contribution in [2.45, 2.75) is 26.3 Å². The highest BCUT2D eigenvalue weighted by molar-refractivity contribution is 5.18. The normalized spacial score (nSPS) is 12.4. The number of rotatable bonds is 5. The molecule has 0 radical (unpaired) electrons. The van der Waals surface area contributed by atoms with Gasteiger partial charge < -0.3 is 5.32 Å². The van der Waals surface area contributed by atoms with Gasteiger partial charge in [0, 0.05) is 12.4 Å². The predicted molar refractivity (Wildman–Crippen MR) is 73.3 cm³/mol. The van der Waals surface area contributed by atoms with E-state index in [1.54, 1.807) is 12.1 Å². The Morgan fingerprint density at radius 2 is 1.79 bits per heavy atom. The molecule has 0 saturated heterocycles. The molecule has 0 aliphatic rings. The van der Waals surface area contributed by atoms with Crippen molar-refractivity contribution in [3.05, 3.63) is 59.4 Å². The first-order chi connectivity index (χ1) is 9.19. The fourth-order valence-electron chi connectivity index (χ4n) is 1.94. The molecule has 100 valence electrons. The van der Waals surface area contributed by atoms with Gasteiger partial charge in [-0.2, -0.15) is 0 Å². The van der Waals surface area contributed by atoms with Crippen LogP contribution >= 0.6 is 0 Å². The summed E-state index contributed by atoms with van der Waals surface area (Å²) in [7, 11) is 0. The molecule has 2 aromatic rings. The molecule has 2 rings (SSSR count). The maximum atomic E-state index is 12.9. The number of hydrogen-bond acceptors (Lipinski definition) is 3. The maximum Gasteiger partial charge on any atom is 0.145 e. The molecule has 1 heterocycles. The molecule has 0 aliphatic heterocycles. The van der Waals surface area contributed by atoms with Crippen molar-refractivity contribution in [3.63, 3.8) is 0 Å². The molecule has 0 spiro atoms. The van der Waals surface area contributed by atoms with Crippen LogP contribution in [0.2, 0.25) is 0 Å². The van der Waals surface area contributed by atoms with Crippen LogP contribution in [0.1, 0.15) is 29.9 Å². The van der Waals surface area contributed by atoms with Crippen molar-refractivity contribution >= 4 is 0 Å². The number of hydrogen-bond donors (Lipinski definition) is 1. The molecule has 3 nitrogen and oxygen atoms in total. The smallest absolute Gasteiger partial charge is 0.145 e. The maximum absolute atomic E-state index is 12.9. The lowest BCUT2D eigenvalue weighted by molar-refractivity contribution is 0.520. The Kier molecular flexibility index (Phi) is 4.58. The zero-order chi connectivity index (χ0) is 13.7. The zero-order valence-electron chi connectivity index (χ0n) is 11.2. The summed E-state index contributed by atoms with van der Waals surface area (Å²) < 4.78 is 12.9. The van der Waals surface area contributed by atoms with E-state index in [0.717, 1.165) is 29.9 Å². The number of likely N-dealkylation sites (N-methyl/N-ethyl adjacent to an activating group) is 1. The molecule has 0 aliphatic carbocycles. The largest absolute Gasteiger partial charge is 0.307 e. The minimum absolute atomic E-state index is 0.0519. The summed E-state index contributed by atoms with van der Waals surface area (Å²) >= 11 is 0. The third-order valence-electron chi connectivity index (χ3n) is 2.92. The van der Waals surface area contributed by atoms with Crippen molar-refractivity contribution < 1.29 is 4.39 Å². The molecule has 0 fully saturated rings. The lowest BCUT2D eigenvalue weighted by atomic mass is 10.1. The van der Waals surface area contributed by atoms with Crippen LogP contribution in [0.3, 0.4) is 0 Å². The van der Waals surface area contributed by atoms with Gasteiger partial charge in [-0.05, 0) is 43.1 Å². The van der Waals surface area contributed by atoms with E-state index in [1.807, 2.05) is 26.2 Å². The summed E-state index contributed by atoms with van der Waals surface area (Å²) in [5, 5.41) is 3.36. The first kappa shape index (κ1) is 13.6. The summed E-state index contributed by atoms with van der Waals surface area (Å²) in [6, 6.07) is 6.61. The second-order valence-corrected chi connectivity index (χ2v) is 4.56. The van der Waals surface area contributed by atoms with Crippen molar-refractivity contribution in [2.24, 2.45) is 0 Å². The summed E-state index contributed by atoms with van der Waals surface area (Å²) in [5.74, 6) is 0.562. The van der Waals surface area contributed by atoms with E-state index in [-0.39, 0.29) is 11.9 Å². The van der Waals surface area contributed by atoms with Crippen molar-refractivity contribution in [1.29, 1.82) is 0 Å². The van der Waals surface area contributed by atoms with Crippen molar-refractivity contribution in [3.8, 4) is 0 Å². The van der Waals surface area contributed by atoms with Crippen molar-refractivity contribution in [1.82, 2.24) is 15.3 Å². The summed E-state index contributed by atoms with van der Waals surface area (Å²) in [6.45, 7) is 4.85. The predicted octanol–water partition coefficient (Wildman–Crippen LogP) is 2.82. The number of benzene rings is 1. The summed E-state index contributed by atoms with van der Waals surface area (Å²) in [5.41, 5.74) is 2.11. The van der Waals surface area contributed by atoms with E-state index in [2.05, 4.69) is 15.3 Å². The van der Waals surface area contributed by atoms with Gasteiger partial charge in [-0.25, -0.2) is 14.4 Å². The molecule has 0 saturated carbocycles. The minimum atomic E-state index is -0.213. The molecule has 1 atom stereocenters. The lowest BCUT2D eigenvalue weighted by Crippen LogP contribution is -2.25. The van der Waals surface area contributed by atoms with Gasteiger partial charge in [-0.1, -0.05) is 19.1 Å². The van der Waals surface area contributed by atoms with Crippen LogP contribution in [0.5, 0.6) is 0 Å². The first-order valence-electron chi connectivity index (χ1n) is 6.45. The number of aryl methyl sites for hydroxylation is 1. The number of aromatic nitrogens is 2. The Balaban J connectivity index is 2.15. The molecule has 19 heavy (non-hydrogen) atoms. The highest BCUT2D eigenvalue weighted by Gasteiger charge is 2.13. The number of halogens is 1. The van der Waals surface area contributed by atoms with Crippen LogP contribution in [0.25, 0.3) is 0 Å². The van der Waals surface area contributed by atoms with Gasteiger partial charge in [0.15, 0.2) is 0 Å². The van der Waals surface area contributed by atoms with Gasteiger partial charge in [0.05, 0.1) is 6.04 Å². The van der Waals surface area contributed by atoms with E-state index < -0.39 is 0 Å². The quantitative estimate of drug-likeness (QED) is 0.897. The van der Waals surface area contributed by atoms with Crippen LogP contribution < -0.4 is 5.32 Å². The Morgan fingerprint density at radius 3 is 2.37 bits per heavy atom. The fourth-order valence-corrected chi connectivity index (χ4v) is 1.94. The Hall–Kier alpha value is -1.81. The van der Waals surface area contributed by atoms with Gasteiger partial charge in [-0.15, -0.1) is 0 Å².